The Morgan fingerprint density at radius 2 is 1.74 bits per heavy atom. The van der Waals surface area contributed by atoms with Gasteiger partial charge in [0, 0.05) is 13.5 Å². The number of benzene rings is 1. The van der Waals surface area contributed by atoms with E-state index in [1.54, 1.807) is 13.0 Å². The van der Waals surface area contributed by atoms with Gasteiger partial charge in [-0.3, -0.25) is 9.59 Å². The number of rotatable bonds is 5. The standard InChI is InChI=1S/C14H18O3.CH4O/c1-9(2)13-7-11(8-14(16)17)4-5-12(13)6-10(3)15;1-2/h4-5,7,9H,6,8H2,1-3H3,(H,16,17);2H,1H3. The summed E-state index contributed by atoms with van der Waals surface area (Å²) in [6.07, 6.45) is 0.445. The average Bonchev–Trinajstić information content (AvgIpc) is 2.32. The molecule has 0 radical (unpaired) electrons. The highest BCUT2D eigenvalue weighted by molar-refractivity contribution is 5.78. The van der Waals surface area contributed by atoms with Crippen LogP contribution in [-0.2, 0) is 22.4 Å². The Labute approximate surface area is 114 Å². The number of aliphatic carboxylic acids is 1. The molecule has 4 heteroatoms. The van der Waals surface area contributed by atoms with E-state index in [1.807, 2.05) is 26.0 Å². The van der Waals surface area contributed by atoms with Gasteiger partial charge in [0.15, 0.2) is 0 Å². The van der Waals surface area contributed by atoms with Crippen molar-refractivity contribution in [1.82, 2.24) is 0 Å². The van der Waals surface area contributed by atoms with E-state index < -0.39 is 5.97 Å². The topological polar surface area (TPSA) is 74.6 Å². The third-order valence-corrected chi connectivity index (χ3v) is 2.63. The van der Waals surface area contributed by atoms with Crippen molar-refractivity contribution < 1.29 is 19.8 Å². The minimum absolute atomic E-state index is 0.0278. The monoisotopic (exact) mass is 266 g/mol. The largest absolute Gasteiger partial charge is 0.481 e. The molecule has 0 aliphatic carbocycles. The number of aliphatic hydroxyl groups is 1. The molecule has 0 unspecified atom stereocenters. The van der Waals surface area contributed by atoms with Gasteiger partial charge in [0.1, 0.15) is 5.78 Å². The number of hydrogen-bond acceptors (Lipinski definition) is 3. The minimum atomic E-state index is -0.834. The van der Waals surface area contributed by atoms with Crippen LogP contribution in [-0.4, -0.2) is 29.1 Å². The number of carbonyl (C=O) groups is 2. The summed E-state index contributed by atoms with van der Waals surface area (Å²) >= 11 is 0. The highest BCUT2D eigenvalue weighted by Crippen LogP contribution is 2.22. The molecule has 0 amide bonds. The second-order valence-corrected chi connectivity index (χ2v) is 4.64. The summed E-state index contributed by atoms with van der Waals surface area (Å²) in [6.45, 7) is 5.66. The first-order chi connectivity index (χ1) is 8.90. The fourth-order valence-electron chi connectivity index (χ4n) is 1.90. The van der Waals surface area contributed by atoms with Crippen LogP contribution in [0.5, 0.6) is 0 Å². The fraction of sp³-hybridized carbons (Fsp3) is 0.467. The van der Waals surface area contributed by atoms with Crippen LogP contribution in [0.25, 0.3) is 0 Å². The Hall–Kier alpha value is -1.68. The molecule has 1 rings (SSSR count). The van der Waals surface area contributed by atoms with Gasteiger partial charge in [-0.25, -0.2) is 0 Å². The van der Waals surface area contributed by atoms with Crippen LogP contribution in [0.4, 0.5) is 0 Å². The van der Waals surface area contributed by atoms with Gasteiger partial charge in [0.25, 0.3) is 0 Å². The molecule has 4 nitrogen and oxygen atoms in total. The first kappa shape index (κ1) is 17.3. The maximum absolute atomic E-state index is 11.2. The molecule has 19 heavy (non-hydrogen) atoms. The van der Waals surface area contributed by atoms with Gasteiger partial charge in [-0.05, 0) is 29.5 Å². The lowest BCUT2D eigenvalue weighted by molar-refractivity contribution is -0.136. The molecule has 0 spiro atoms. The Bertz CT molecular complexity index is 436. The van der Waals surface area contributed by atoms with Gasteiger partial charge >= 0.3 is 5.97 Å². The van der Waals surface area contributed by atoms with Crippen molar-refractivity contribution in [3.63, 3.8) is 0 Å². The molecule has 0 saturated carbocycles. The van der Waals surface area contributed by atoms with Gasteiger partial charge in [-0.15, -0.1) is 0 Å². The molecule has 0 fully saturated rings. The molecule has 0 aliphatic heterocycles. The molecule has 1 aromatic carbocycles. The zero-order chi connectivity index (χ0) is 15.0. The van der Waals surface area contributed by atoms with Gasteiger partial charge < -0.3 is 10.2 Å². The fourth-order valence-corrected chi connectivity index (χ4v) is 1.90. The van der Waals surface area contributed by atoms with Crippen molar-refractivity contribution >= 4 is 11.8 Å². The SMILES string of the molecule is CC(=O)Cc1ccc(CC(=O)O)cc1C(C)C.CO. The maximum Gasteiger partial charge on any atom is 0.307 e. The number of carboxylic acid groups (broad SMARTS) is 1. The highest BCUT2D eigenvalue weighted by atomic mass is 16.4. The molecule has 0 heterocycles. The van der Waals surface area contributed by atoms with Crippen molar-refractivity contribution in [2.45, 2.75) is 39.5 Å². The third-order valence-electron chi connectivity index (χ3n) is 2.63. The zero-order valence-electron chi connectivity index (χ0n) is 11.9. The number of ketones is 1. The highest BCUT2D eigenvalue weighted by Gasteiger charge is 2.10. The molecule has 106 valence electrons. The second-order valence-electron chi connectivity index (χ2n) is 4.64. The van der Waals surface area contributed by atoms with E-state index in [0.29, 0.717) is 6.42 Å². The van der Waals surface area contributed by atoms with E-state index in [0.717, 1.165) is 23.8 Å². The van der Waals surface area contributed by atoms with Crippen LogP contribution < -0.4 is 0 Å². The van der Waals surface area contributed by atoms with Gasteiger partial charge in [-0.2, -0.15) is 0 Å². The number of aliphatic hydroxyl groups excluding tert-OH is 1. The van der Waals surface area contributed by atoms with Crippen LogP contribution in [0.1, 0.15) is 43.4 Å². The van der Waals surface area contributed by atoms with Crippen molar-refractivity contribution in [2.75, 3.05) is 7.11 Å². The van der Waals surface area contributed by atoms with Crippen LogP contribution >= 0.6 is 0 Å². The summed E-state index contributed by atoms with van der Waals surface area (Å²) in [5.74, 6) is -0.421. The molecule has 0 atom stereocenters. The maximum atomic E-state index is 11.2. The number of Topliss-reactive ketones (excluding diaryl/α,β-unsaturated/α-hetero) is 1. The third kappa shape index (κ3) is 6.15. The van der Waals surface area contributed by atoms with E-state index in [1.165, 1.54) is 0 Å². The van der Waals surface area contributed by atoms with E-state index >= 15 is 0 Å². The lowest BCUT2D eigenvalue weighted by Gasteiger charge is -2.13. The van der Waals surface area contributed by atoms with E-state index in [9.17, 15) is 9.59 Å². The van der Waals surface area contributed by atoms with Crippen LogP contribution in [0.3, 0.4) is 0 Å². The number of hydrogen-bond donors (Lipinski definition) is 2. The van der Waals surface area contributed by atoms with E-state index in [-0.39, 0.29) is 18.1 Å². The molecular weight excluding hydrogens is 244 g/mol. The molecule has 2 N–H and O–H groups in total. The molecular formula is C15H22O4. The molecule has 0 saturated heterocycles. The Kier molecular flexibility index (Phi) is 7.68. The minimum Gasteiger partial charge on any atom is -0.481 e. The normalized spacial score (nSPS) is 9.79. The summed E-state index contributed by atoms with van der Waals surface area (Å²) in [7, 11) is 1.00. The predicted octanol–water partition coefficient (Wildman–Crippen LogP) is 2.18. The van der Waals surface area contributed by atoms with Gasteiger partial charge in [-0.1, -0.05) is 32.0 Å². The van der Waals surface area contributed by atoms with Crippen molar-refractivity contribution in [1.29, 1.82) is 0 Å². The lowest BCUT2D eigenvalue weighted by Crippen LogP contribution is -2.06. The number of carbonyl (C=O) groups excluding carboxylic acids is 1. The summed E-state index contributed by atoms with van der Waals surface area (Å²) in [4.78, 5) is 21.8. The Balaban J connectivity index is 0.00000154. The Morgan fingerprint density at radius 3 is 2.16 bits per heavy atom. The smallest absolute Gasteiger partial charge is 0.307 e. The van der Waals surface area contributed by atoms with E-state index in [2.05, 4.69) is 0 Å². The summed E-state index contributed by atoms with van der Waals surface area (Å²) in [5.41, 5.74) is 2.86. The first-order valence-electron chi connectivity index (χ1n) is 6.17. The Morgan fingerprint density at radius 1 is 1.16 bits per heavy atom. The lowest BCUT2D eigenvalue weighted by atomic mass is 9.92. The summed E-state index contributed by atoms with van der Waals surface area (Å²) in [6, 6.07) is 5.56. The van der Waals surface area contributed by atoms with Crippen molar-refractivity contribution in [2.24, 2.45) is 0 Å². The molecule has 0 aromatic heterocycles. The molecule has 1 aromatic rings. The summed E-state index contributed by atoms with van der Waals surface area (Å²) < 4.78 is 0. The number of carboxylic acids is 1. The average molecular weight is 266 g/mol. The zero-order valence-corrected chi connectivity index (χ0v) is 11.9. The van der Waals surface area contributed by atoms with Gasteiger partial charge in [0.05, 0.1) is 6.42 Å². The first-order valence-corrected chi connectivity index (χ1v) is 6.17. The van der Waals surface area contributed by atoms with Crippen molar-refractivity contribution in [3.05, 3.63) is 34.9 Å². The second kappa shape index (κ2) is 8.43. The summed E-state index contributed by atoms with van der Waals surface area (Å²) in [5, 5.41) is 15.8. The van der Waals surface area contributed by atoms with Crippen LogP contribution in [0.2, 0.25) is 0 Å². The quantitative estimate of drug-likeness (QED) is 0.856. The van der Waals surface area contributed by atoms with Crippen LogP contribution in [0, 0.1) is 0 Å². The van der Waals surface area contributed by atoms with Crippen molar-refractivity contribution in [3.8, 4) is 0 Å². The molecule has 0 bridgehead atoms. The van der Waals surface area contributed by atoms with E-state index in [4.69, 9.17) is 10.2 Å². The van der Waals surface area contributed by atoms with Crippen LogP contribution in [0.15, 0.2) is 18.2 Å². The van der Waals surface area contributed by atoms with Gasteiger partial charge in [0.2, 0.25) is 0 Å². The predicted molar refractivity (Wildman–Crippen MR) is 74.4 cm³/mol. The molecule has 0 aliphatic rings.